The first-order chi connectivity index (χ1) is 11.2. The Morgan fingerprint density at radius 1 is 1.35 bits per heavy atom. The van der Waals surface area contributed by atoms with Crippen molar-refractivity contribution in [2.75, 3.05) is 33.3 Å². The maximum Gasteiger partial charge on any atom is 0.193 e. The number of rotatable bonds is 5. The lowest BCUT2D eigenvalue weighted by molar-refractivity contribution is 0.0264. The number of nitrogens with zero attached hydrogens (tertiary/aromatic N) is 2. The quantitative estimate of drug-likeness (QED) is 0.668. The standard InChI is InChI=1S/C17H25F2N3O/c1-3-23-14-8-11-22(12-9-14)17(20-2)21-10-7-13-5-4-6-15(18)16(13)19/h4-6,14H,3,7-12H2,1-2H3,(H,20,21). The van der Waals surface area contributed by atoms with Crippen LogP contribution in [0.25, 0.3) is 0 Å². The zero-order valence-electron chi connectivity index (χ0n) is 13.8. The molecule has 23 heavy (non-hydrogen) atoms. The van der Waals surface area contributed by atoms with E-state index in [9.17, 15) is 8.78 Å². The number of nitrogens with one attached hydrogen (secondary N) is 1. The first kappa shape index (κ1) is 17.7. The minimum absolute atomic E-state index is 0.329. The van der Waals surface area contributed by atoms with E-state index >= 15 is 0 Å². The third kappa shape index (κ3) is 4.89. The van der Waals surface area contributed by atoms with Crippen LogP contribution in [-0.2, 0) is 11.2 Å². The number of benzene rings is 1. The number of likely N-dealkylation sites (tertiary alicyclic amines) is 1. The minimum atomic E-state index is -0.801. The molecule has 1 fully saturated rings. The van der Waals surface area contributed by atoms with E-state index in [2.05, 4.69) is 15.2 Å². The van der Waals surface area contributed by atoms with Crippen molar-refractivity contribution in [2.24, 2.45) is 4.99 Å². The number of hydrogen-bond acceptors (Lipinski definition) is 2. The smallest absolute Gasteiger partial charge is 0.193 e. The predicted octanol–water partition coefficient (Wildman–Crippen LogP) is 2.58. The molecule has 0 aromatic heterocycles. The maximum atomic E-state index is 13.6. The van der Waals surface area contributed by atoms with Gasteiger partial charge in [0.15, 0.2) is 17.6 Å². The average molecular weight is 325 g/mol. The molecule has 0 unspecified atom stereocenters. The van der Waals surface area contributed by atoms with E-state index in [1.807, 2.05) is 6.92 Å². The molecule has 1 aromatic carbocycles. The summed E-state index contributed by atoms with van der Waals surface area (Å²) in [6, 6.07) is 4.27. The Hall–Kier alpha value is -1.69. The first-order valence-electron chi connectivity index (χ1n) is 8.15. The van der Waals surface area contributed by atoms with Crippen LogP contribution in [0.1, 0.15) is 25.3 Å². The Morgan fingerprint density at radius 3 is 2.74 bits per heavy atom. The van der Waals surface area contributed by atoms with E-state index in [-0.39, 0.29) is 0 Å². The van der Waals surface area contributed by atoms with Crippen LogP contribution in [-0.4, -0.2) is 50.3 Å². The van der Waals surface area contributed by atoms with Gasteiger partial charge in [-0.25, -0.2) is 8.78 Å². The third-order valence-corrected chi connectivity index (χ3v) is 4.06. The summed E-state index contributed by atoms with van der Waals surface area (Å²) in [5.74, 6) is -0.761. The fraction of sp³-hybridized carbons (Fsp3) is 0.588. The highest BCUT2D eigenvalue weighted by molar-refractivity contribution is 5.79. The third-order valence-electron chi connectivity index (χ3n) is 4.06. The minimum Gasteiger partial charge on any atom is -0.378 e. The van der Waals surface area contributed by atoms with E-state index in [0.29, 0.717) is 24.6 Å². The number of aliphatic imine (C=N–C) groups is 1. The fourth-order valence-corrected chi connectivity index (χ4v) is 2.85. The van der Waals surface area contributed by atoms with Crippen LogP contribution >= 0.6 is 0 Å². The molecule has 0 bridgehead atoms. The van der Waals surface area contributed by atoms with Crippen molar-refractivity contribution < 1.29 is 13.5 Å². The lowest BCUT2D eigenvalue weighted by Gasteiger charge is -2.34. The summed E-state index contributed by atoms with van der Waals surface area (Å²) in [5.41, 5.74) is 0.378. The molecule has 2 rings (SSSR count). The summed E-state index contributed by atoms with van der Waals surface area (Å²) in [5, 5.41) is 3.23. The zero-order valence-corrected chi connectivity index (χ0v) is 13.8. The van der Waals surface area contributed by atoms with Gasteiger partial charge < -0.3 is 15.0 Å². The number of hydrogen-bond donors (Lipinski definition) is 1. The van der Waals surface area contributed by atoms with E-state index in [1.54, 1.807) is 13.1 Å². The Labute approximate surface area is 136 Å². The van der Waals surface area contributed by atoms with Crippen LogP contribution < -0.4 is 5.32 Å². The Morgan fingerprint density at radius 2 is 2.09 bits per heavy atom. The first-order valence-corrected chi connectivity index (χ1v) is 8.15. The molecule has 6 heteroatoms. The van der Waals surface area contributed by atoms with Gasteiger partial charge in [0, 0.05) is 33.3 Å². The predicted molar refractivity (Wildman–Crippen MR) is 87.6 cm³/mol. The second-order valence-electron chi connectivity index (χ2n) is 5.58. The SMILES string of the molecule is CCOC1CCN(C(=NC)NCCc2cccc(F)c2F)CC1. The molecule has 0 radical (unpaired) electrons. The van der Waals surface area contributed by atoms with Crippen LogP contribution in [0, 0.1) is 11.6 Å². The van der Waals surface area contributed by atoms with Gasteiger partial charge in [0.1, 0.15) is 0 Å². The van der Waals surface area contributed by atoms with E-state index in [0.717, 1.165) is 44.6 Å². The van der Waals surface area contributed by atoms with Crippen molar-refractivity contribution in [3.8, 4) is 0 Å². The molecule has 0 spiro atoms. The highest BCUT2D eigenvalue weighted by atomic mass is 19.2. The molecule has 1 saturated heterocycles. The molecule has 0 saturated carbocycles. The van der Waals surface area contributed by atoms with Crippen LogP contribution in [0.2, 0.25) is 0 Å². The van der Waals surface area contributed by atoms with Gasteiger partial charge in [-0.2, -0.15) is 0 Å². The van der Waals surface area contributed by atoms with Crippen molar-refractivity contribution in [3.05, 3.63) is 35.4 Å². The van der Waals surface area contributed by atoms with E-state index in [4.69, 9.17) is 4.74 Å². The van der Waals surface area contributed by atoms with Gasteiger partial charge in [-0.15, -0.1) is 0 Å². The molecule has 1 aliphatic heterocycles. The van der Waals surface area contributed by atoms with Gasteiger partial charge in [-0.3, -0.25) is 4.99 Å². The lowest BCUT2D eigenvalue weighted by atomic mass is 10.1. The van der Waals surface area contributed by atoms with Crippen LogP contribution in [0.15, 0.2) is 23.2 Å². The maximum absolute atomic E-state index is 13.6. The molecule has 1 aliphatic rings. The summed E-state index contributed by atoms with van der Waals surface area (Å²) < 4.78 is 32.4. The van der Waals surface area contributed by atoms with Crippen molar-refractivity contribution in [3.63, 3.8) is 0 Å². The molecule has 0 aliphatic carbocycles. The van der Waals surface area contributed by atoms with Crippen molar-refractivity contribution in [2.45, 2.75) is 32.3 Å². The number of piperidine rings is 1. The molecule has 4 nitrogen and oxygen atoms in total. The van der Waals surface area contributed by atoms with Crippen LogP contribution in [0.5, 0.6) is 0 Å². The monoisotopic (exact) mass is 325 g/mol. The summed E-state index contributed by atoms with van der Waals surface area (Å²) in [7, 11) is 1.74. The number of ether oxygens (including phenoxy) is 1. The zero-order chi connectivity index (χ0) is 16.7. The largest absolute Gasteiger partial charge is 0.378 e. The normalized spacial score (nSPS) is 16.7. The summed E-state index contributed by atoms with van der Waals surface area (Å²) in [4.78, 5) is 6.45. The number of guanidine groups is 1. The lowest BCUT2D eigenvalue weighted by Crippen LogP contribution is -2.47. The number of halogens is 2. The summed E-state index contributed by atoms with van der Waals surface area (Å²) in [6.07, 6.45) is 2.70. The highest BCUT2D eigenvalue weighted by Crippen LogP contribution is 2.14. The van der Waals surface area contributed by atoms with Gasteiger partial charge in [0.2, 0.25) is 0 Å². The van der Waals surface area contributed by atoms with Crippen molar-refractivity contribution >= 4 is 5.96 Å². The highest BCUT2D eigenvalue weighted by Gasteiger charge is 2.21. The Bertz CT molecular complexity index is 529. The summed E-state index contributed by atoms with van der Waals surface area (Å²) in [6.45, 7) is 5.05. The van der Waals surface area contributed by atoms with E-state index in [1.165, 1.54) is 6.07 Å². The van der Waals surface area contributed by atoms with Gasteiger partial charge in [0.25, 0.3) is 0 Å². The second kappa shape index (κ2) is 8.82. The fourth-order valence-electron chi connectivity index (χ4n) is 2.85. The van der Waals surface area contributed by atoms with E-state index < -0.39 is 11.6 Å². The van der Waals surface area contributed by atoms with Gasteiger partial charge >= 0.3 is 0 Å². The topological polar surface area (TPSA) is 36.9 Å². The Kier molecular flexibility index (Phi) is 6.77. The van der Waals surface area contributed by atoms with Crippen molar-refractivity contribution in [1.29, 1.82) is 0 Å². The molecular formula is C17H25F2N3O. The van der Waals surface area contributed by atoms with Gasteiger partial charge in [-0.1, -0.05) is 12.1 Å². The van der Waals surface area contributed by atoms with Crippen LogP contribution in [0.4, 0.5) is 8.78 Å². The molecule has 0 amide bonds. The molecule has 1 aromatic rings. The summed E-state index contributed by atoms with van der Waals surface area (Å²) >= 11 is 0. The molecule has 0 atom stereocenters. The van der Waals surface area contributed by atoms with Crippen molar-refractivity contribution in [1.82, 2.24) is 10.2 Å². The average Bonchev–Trinajstić information content (AvgIpc) is 2.57. The van der Waals surface area contributed by atoms with Gasteiger partial charge in [-0.05, 0) is 37.8 Å². The second-order valence-corrected chi connectivity index (χ2v) is 5.58. The van der Waals surface area contributed by atoms with Gasteiger partial charge in [0.05, 0.1) is 6.10 Å². The Balaban J connectivity index is 1.81. The van der Waals surface area contributed by atoms with Crippen LogP contribution in [0.3, 0.4) is 0 Å². The molecule has 128 valence electrons. The molecular weight excluding hydrogens is 300 g/mol. The molecule has 1 N–H and O–H groups in total. The molecule has 1 heterocycles.